The molecule has 0 amide bonds. The molecule has 2 saturated heterocycles. The predicted molar refractivity (Wildman–Crippen MR) is 108 cm³/mol. The molecule has 0 aliphatic carbocycles. The van der Waals surface area contributed by atoms with E-state index in [2.05, 4.69) is 9.99 Å². The first-order valence-corrected chi connectivity index (χ1v) is 11.0. The lowest BCUT2D eigenvalue weighted by molar-refractivity contribution is -0.333. The quantitative estimate of drug-likeness (QED) is 0.155. The molecule has 3 rings (SSSR count). The molecule has 33 heavy (non-hydrogen) atoms. The third kappa shape index (κ3) is 6.02. The Morgan fingerprint density at radius 2 is 1.48 bits per heavy atom. The predicted octanol–water partition coefficient (Wildman–Crippen LogP) is -4.42. The Bertz CT molecular complexity index is 696. The topological polar surface area (TPSA) is 220 Å². The average Bonchev–Trinajstić information content (AvgIpc) is 2.80. The van der Waals surface area contributed by atoms with Gasteiger partial charge in [0.2, 0.25) is 0 Å². The van der Waals surface area contributed by atoms with Crippen molar-refractivity contribution < 1.29 is 64.6 Å². The highest BCUT2D eigenvalue weighted by Crippen LogP contribution is 2.31. The fourth-order valence-corrected chi connectivity index (χ4v) is 4.35. The summed E-state index contributed by atoms with van der Waals surface area (Å²) in [7, 11) is 1.34. The number of nitrogens with zero attached hydrogens (tertiary/aromatic N) is 1. The molecule has 6 unspecified atom stereocenters. The van der Waals surface area contributed by atoms with Crippen LogP contribution in [0.4, 0.5) is 0 Å². The molecule has 0 spiro atoms. The zero-order chi connectivity index (χ0) is 24.3. The highest BCUT2D eigenvalue weighted by Gasteiger charge is 2.48. The lowest BCUT2D eigenvalue weighted by Gasteiger charge is -2.43. The van der Waals surface area contributed by atoms with E-state index in [1.165, 1.54) is 19.3 Å². The normalized spacial score (nSPS) is 47.6. The molecule has 3 aliphatic heterocycles. The Kier molecular flexibility index (Phi) is 9.44. The molecule has 14 nitrogen and oxygen atoms in total. The molecule has 190 valence electrons. The number of thioether (sulfide) groups is 1. The van der Waals surface area contributed by atoms with Crippen molar-refractivity contribution in [3.05, 3.63) is 12.2 Å². The summed E-state index contributed by atoms with van der Waals surface area (Å²) in [6.07, 6.45) is -13.6. The first-order valence-electron chi connectivity index (χ1n) is 10.1. The molecule has 2 fully saturated rings. The number of aliphatic hydroxyl groups excluding tert-OH is 8. The maximum Gasteiger partial charge on any atom is 0.188 e. The molecule has 3 heterocycles. The third-order valence-electron chi connectivity index (χ3n) is 5.34. The molecule has 0 saturated carbocycles. The van der Waals surface area contributed by atoms with Gasteiger partial charge in [0.1, 0.15) is 72.5 Å². The van der Waals surface area contributed by atoms with Gasteiger partial charge in [0.25, 0.3) is 0 Å². The number of hydrogen-bond donors (Lipinski definition) is 8. The van der Waals surface area contributed by atoms with Crippen molar-refractivity contribution in [1.82, 2.24) is 0 Å². The number of hydrogen-bond acceptors (Lipinski definition) is 15. The summed E-state index contributed by atoms with van der Waals surface area (Å²) in [5.41, 5.74) is -0.988. The zero-order valence-electron chi connectivity index (χ0n) is 17.5. The van der Waals surface area contributed by atoms with Crippen LogP contribution in [0.15, 0.2) is 17.3 Å². The summed E-state index contributed by atoms with van der Waals surface area (Å²) in [4.78, 5) is 4.68. The third-order valence-corrected chi connectivity index (χ3v) is 6.42. The highest BCUT2D eigenvalue weighted by atomic mass is 32.2. The van der Waals surface area contributed by atoms with E-state index in [0.29, 0.717) is 5.04 Å². The van der Waals surface area contributed by atoms with E-state index >= 15 is 0 Å². The van der Waals surface area contributed by atoms with E-state index in [4.69, 9.17) is 18.9 Å². The van der Waals surface area contributed by atoms with Crippen LogP contribution in [-0.4, -0.2) is 139 Å². The van der Waals surface area contributed by atoms with Gasteiger partial charge in [0, 0.05) is 0 Å². The molecule has 0 aromatic rings. The van der Waals surface area contributed by atoms with Gasteiger partial charge in [0.15, 0.2) is 12.6 Å². The van der Waals surface area contributed by atoms with Gasteiger partial charge in [-0.2, -0.15) is 0 Å². The van der Waals surface area contributed by atoms with Crippen LogP contribution in [0.1, 0.15) is 0 Å². The van der Waals surface area contributed by atoms with Crippen molar-refractivity contribution in [2.75, 3.05) is 20.3 Å². The van der Waals surface area contributed by atoms with Crippen molar-refractivity contribution >= 4 is 16.8 Å². The Morgan fingerprint density at radius 3 is 2.12 bits per heavy atom. The lowest BCUT2D eigenvalue weighted by atomic mass is 9.98. The number of oxime groups is 1. The van der Waals surface area contributed by atoms with E-state index in [9.17, 15) is 40.9 Å². The van der Waals surface area contributed by atoms with E-state index < -0.39 is 86.2 Å². The van der Waals surface area contributed by atoms with Gasteiger partial charge in [0.05, 0.1) is 13.2 Å². The minimum atomic E-state index is -1.71. The Hall–Kier alpha value is -0.920. The van der Waals surface area contributed by atoms with E-state index in [1.54, 1.807) is 0 Å². The van der Waals surface area contributed by atoms with Crippen LogP contribution in [0.3, 0.4) is 0 Å². The number of ether oxygens (including phenoxy) is 4. The monoisotopic (exact) mass is 499 g/mol. The van der Waals surface area contributed by atoms with Crippen molar-refractivity contribution in [1.29, 1.82) is 0 Å². The number of aliphatic hydroxyl groups is 8. The van der Waals surface area contributed by atoms with Gasteiger partial charge in [-0.15, -0.1) is 0 Å². The van der Waals surface area contributed by atoms with Crippen LogP contribution >= 0.6 is 11.8 Å². The molecule has 0 bridgehead atoms. The summed E-state index contributed by atoms with van der Waals surface area (Å²) >= 11 is 0.974. The van der Waals surface area contributed by atoms with Gasteiger partial charge in [-0.1, -0.05) is 16.9 Å². The van der Waals surface area contributed by atoms with Crippen LogP contribution in [0, 0.1) is 0 Å². The average molecular weight is 499 g/mol. The molecule has 15 heteroatoms. The SMILES string of the molecule is CO/N=C1/C=C[C@@H](O)[C@H](OC2OC(COC3OC(CO)[C@@H](O)C(O)[C@@H]3O)[C@@H](O)C(O)[C@@H]2O)S1. The van der Waals surface area contributed by atoms with Gasteiger partial charge in [-0.3, -0.25) is 0 Å². The molecule has 0 radical (unpaired) electrons. The maximum atomic E-state index is 10.3. The highest BCUT2D eigenvalue weighted by molar-refractivity contribution is 8.14. The van der Waals surface area contributed by atoms with Crippen LogP contribution in [0.2, 0.25) is 0 Å². The largest absolute Gasteiger partial charge is 0.398 e. The minimum Gasteiger partial charge on any atom is -0.398 e. The van der Waals surface area contributed by atoms with Crippen LogP contribution in [-0.2, 0) is 23.8 Å². The molecule has 8 N–H and O–H groups in total. The van der Waals surface area contributed by atoms with Crippen LogP contribution in [0.25, 0.3) is 0 Å². The summed E-state index contributed by atoms with van der Waals surface area (Å²) < 4.78 is 21.7. The Morgan fingerprint density at radius 1 is 0.879 bits per heavy atom. The minimum absolute atomic E-state index is 0.376. The van der Waals surface area contributed by atoms with Crippen molar-refractivity contribution in [3.63, 3.8) is 0 Å². The first-order chi connectivity index (χ1) is 15.7. The van der Waals surface area contributed by atoms with Crippen LogP contribution in [0.5, 0.6) is 0 Å². The number of rotatable bonds is 7. The molecular weight excluding hydrogens is 470 g/mol. The van der Waals surface area contributed by atoms with Crippen LogP contribution < -0.4 is 0 Å². The van der Waals surface area contributed by atoms with E-state index in [0.717, 1.165) is 11.8 Å². The Labute approximate surface area is 192 Å². The Balaban J connectivity index is 1.63. The molecular formula is C18H29NO13S. The summed E-state index contributed by atoms with van der Waals surface area (Å²) in [6.45, 7) is -1.15. The van der Waals surface area contributed by atoms with E-state index in [-0.39, 0.29) is 0 Å². The second-order valence-corrected chi connectivity index (χ2v) is 8.75. The lowest BCUT2D eigenvalue weighted by Crippen LogP contribution is -2.62. The maximum absolute atomic E-state index is 10.3. The fourth-order valence-electron chi connectivity index (χ4n) is 3.44. The van der Waals surface area contributed by atoms with Gasteiger partial charge in [-0.25, -0.2) is 0 Å². The second kappa shape index (κ2) is 11.7. The molecule has 3 aliphatic rings. The van der Waals surface area contributed by atoms with Gasteiger partial charge in [-0.05, 0) is 12.2 Å². The molecule has 0 aromatic heterocycles. The summed E-state index contributed by atoms with van der Waals surface area (Å²) in [5.74, 6) is 0. The van der Waals surface area contributed by atoms with Crippen molar-refractivity contribution in [2.24, 2.45) is 5.16 Å². The first kappa shape index (κ1) is 26.7. The van der Waals surface area contributed by atoms with Gasteiger partial charge < -0.3 is 64.6 Å². The molecule has 0 aromatic carbocycles. The summed E-state index contributed by atoms with van der Waals surface area (Å²) in [6, 6.07) is 0. The molecule has 12 atom stereocenters. The zero-order valence-corrected chi connectivity index (χ0v) is 18.3. The second-order valence-electron chi connectivity index (χ2n) is 7.63. The smallest absolute Gasteiger partial charge is 0.188 e. The van der Waals surface area contributed by atoms with Crippen molar-refractivity contribution in [2.45, 2.75) is 73.0 Å². The van der Waals surface area contributed by atoms with Crippen molar-refractivity contribution in [3.8, 4) is 0 Å². The summed E-state index contributed by atoms with van der Waals surface area (Å²) in [5, 5.41) is 84.0. The fraction of sp³-hybridized carbons (Fsp3) is 0.833. The standard InChI is InChI=1S/C18H29NO13S/c1-28-19-9-3-2-6(21)18(33-9)32-17-15(27)13(25)11(23)8(31-17)5-29-16-14(26)12(24)10(22)7(4-20)30-16/h2-3,6-8,10-18,20-27H,4-5H2,1H3/b19-9-/t6-,7?,8?,10-,11-,12?,13?,14+,15+,16?,17?,18-/m1/s1. The van der Waals surface area contributed by atoms with E-state index in [1.807, 2.05) is 0 Å². The van der Waals surface area contributed by atoms with Gasteiger partial charge >= 0.3 is 0 Å².